The SMILES string of the molecule is C.CC(C)(C)C.CC(C)(C)C.CC(C)(C)C.CC(C)(C)C.c1ccc2ncncc2c1.c1ccn2ccnc2c1.c1cnc2ccnn2c1.c1cnn2ccnc2c1. The lowest BCUT2D eigenvalue weighted by Crippen LogP contribution is -1.93. The Hall–Kier alpha value is -5.51. The summed E-state index contributed by atoms with van der Waals surface area (Å²) >= 11 is 0. The molecule has 1 aromatic carbocycles. The Morgan fingerprint density at radius 3 is 1.45 bits per heavy atom. The lowest BCUT2D eigenvalue weighted by atomic mass is 10.0. The fourth-order valence-electron chi connectivity index (χ4n) is 3.32. The molecule has 8 aromatic rings. The van der Waals surface area contributed by atoms with E-state index in [-0.39, 0.29) is 7.43 Å². The van der Waals surface area contributed by atoms with Crippen molar-refractivity contribution in [2.24, 2.45) is 21.7 Å². The number of hydrogen-bond acceptors (Lipinski definition) is 7. The number of pyridine rings is 1. The number of imidazole rings is 2. The van der Waals surface area contributed by atoms with Crippen LogP contribution in [0.5, 0.6) is 0 Å². The minimum Gasteiger partial charge on any atom is -0.307 e. The van der Waals surface area contributed by atoms with Crippen molar-refractivity contribution in [3.8, 4) is 0 Å². The third-order valence-corrected chi connectivity index (χ3v) is 5.06. The summed E-state index contributed by atoms with van der Waals surface area (Å²) in [4.78, 5) is 20.1. The average molecular weight is 791 g/mol. The average Bonchev–Trinajstić information content (AvgIpc) is 3.87. The molecule has 8 rings (SSSR count). The summed E-state index contributed by atoms with van der Waals surface area (Å²) in [6, 6.07) is 21.3. The van der Waals surface area contributed by atoms with Gasteiger partial charge in [-0.3, -0.25) is 0 Å². The molecule has 10 nitrogen and oxygen atoms in total. The molecule has 0 amide bonds. The van der Waals surface area contributed by atoms with Gasteiger partial charge in [-0.2, -0.15) is 10.2 Å². The summed E-state index contributed by atoms with van der Waals surface area (Å²) in [5.74, 6) is 0. The van der Waals surface area contributed by atoms with E-state index in [0.717, 1.165) is 27.8 Å². The van der Waals surface area contributed by atoms with E-state index in [1.165, 1.54) is 0 Å². The highest BCUT2D eigenvalue weighted by molar-refractivity contribution is 5.76. The number of benzene rings is 1. The van der Waals surface area contributed by atoms with Crippen LogP contribution >= 0.6 is 0 Å². The monoisotopic (exact) mass is 791 g/mol. The topological polar surface area (TPSA) is 103 Å². The maximum Gasteiger partial charge on any atom is 0.154 e. The van der Waals surface area contributed by atoms with Crippen LogP contribution in [-0.4, -0.2) is 48.5 Å². The fraction of sp³-hybridized carbons (Fsp3) is 0.438. The van der Waals surface area contributed by atoms with Crippen LogP contribution in [-0.2, 0) is 0 Å². The summed E-state index contributed by atoms with van der Waals surface area (Å²) < 4.78 is 5.42. The molecule has 316 valence electrons. The predicted molar refractivity (Wildman–Crippen MR) is 248 cm³/mol. The van der Waals surface area contributed by atoms with Crippen LogP contribution in [0.15, 0.2) is 135 Å². The second-order valence-electron chi connectivity index (χ2n) is 19.5. The molecule has 0 spiro atoms. The minimum absolute atomic E-state index is 0. The van der Waals surface area contributed by atoms with Gasteiger partial charge < -0.3 is 4.40 Å². The van der Waals surface area contributed by atoms with Gasteiger partial charge in [0.25, 0.3) is 0 Å². The van der Waals surface area contributed by atoms with Gasteiger partial charge in [-0.1, -0.05) is 142 Å². The Morgan fingerprint density at radius 2 is 0.879 bits per heavy atom. The number of rotatable bonds is 0. The lowest BCUT2D eigenvalue weighted by molar-refractivity contribution is 0.469. The number of nitrogens with zero attached hydrogens (tertiary/aromatic N) is 10. The van der Waals surface area contributed by atoms with Gasteiger partial charge in [-0.05, 0) is 58.1 Å². The van der Waals surface area contributed by atoms with Crippen molar-refractivity contribution in [1.29, 1.82) is 0 Å². The molecule has 58 heavy (non-hydrogen) atoms. The first-order chi connectivity index (χ1) is 26.4. The van der Waals surface area contributed by atoms with Crippen LogP contribution in [0, 0.1) is 21.7 Å². The van der Waals surface area contributed by atoms with Crippen molar-refractivity contribution in [2.75, 3.05) is 0 Å². The Balaban J connectivity index is 0.000000652. The van der Waals surface area contributed by atoms with Crippen LogP contribution in [0.1, 0.15) is 118 Å². The first kappa shape index (κ1) is 52.5. The van der Waals surface area contributed by atoms with E-state index in [2.05, 4.69) is 146 Å². The van der Waals surface area contributed by atoms with Crippen molar-refractivity contribution >= 4 is 27.8 Å². The zero-order valence-electron chi connectivity index (χ0n) is 37.7. The molecule has 7 heterocycles. The van der Waals surface area contributed by atoms with Gasteiger partial charge in [0.15, 0.2) is 11.3 Å². The van der Waals surface area contributed by atoms with Gasteiger partial charge in [-0.15, -0.1) is 0 Å². The van der Waals surface area contributed by atoms with E-state index in [4.69, 9.17) is 0 Å². The smallest absolute Gasteiger partial charge is 0.154 e. The largest absolute Gasteiger partial charge is 0.307 e. The molecular formula is C48H74N10. The summed E-state index contributed by atoms with van der Waals surface area (Å²) in [7, 11) is 0. The van der Waals surface area contributed by atoms with E-state index >= 15 is 0 Å². The third-order valence-electron chi connectivity index (χ3n) is 5.06. The fourth-order valence-corrected chi connectivity index (χ4v) is 3.32. The molecule has 0 unspecified atom stereocenters. The quantitative estimate of drug-likeness (QED) is 0.151. The van der Waals surface area contributed by atoms with Crippen LogP contribution in [0.25, 0.3) is 27.8 Å². The van der Waals surface area contributed by atoms with Gasteiger partial charge in [0.2, 0.25) is 0 Å². The molecule has 0 aliphatic carbocycles. The summed E-state index contributed by atoms with van der Waals surface area (Å²) in [6.07, 6.45) is 19.7. The Labute approximate surface area is 350 Å². The Bertz CT molecular complexity index is 1820. The van der Waals surface area contributed by atoms with Crippen molar-refractivity contribution in [3.63, 3.8) is 0 Å². The number of hydrogen-bond donors (Lipinski definition) is 0. The minimum atomic E-state index is 0. The standard InChI is InChI=1S/C8H6N2.C7H6N2.2C6H5N3.4C5H12.CH4/c1-2-4-8-7(3-1)5-9-6-10-8;1-2-5-9-6-4-8-7(9)3-1;1-3-7-6-2-4-8-9(6)5-1;1-2-6-7-4-5-9(6)8-3-1;4*1-5(2,3)4;/h1-6H;1-6H;2*1-5H;4*1-4H3;1H4. The summed E-state index contributed by atoms with van der Waals surface area (Å²) in [6.45, 7) is 35.0. The van der Waals surface area contributed by atoms with Gasteiger partial charge in [0.1, 0.15) is 12.0 Å². The van der Waals surface area contributed by atoms with Gasteiger partial charge >= 0.3 is 0 Å². The van der Waals surface area contributed by atoms with Gasteiger partial charge in [0, 0.05) is 67.2 Å². The number of para-hydroxylation sites is 1. The molecule has 0 aliphatic rings. The zero-order valence-corrected chi connectivity index (χ0v) is 37.7. The summed E-state index contributed by atoms with van der Waals surface area (Å²) in [5, 5.41) is 9.06. The molecule has 7 aromatic heterocycles. The van der Waals surface area contributed by atoms with E-state index < -0.39 is 0 Å². The Morgan fingerprint density at radius 1 is 0.397 bits per heavy atom. The predicted octanol–water partition coefficient (Wildman–Crippen LogP) is 13.3. The molecule has 0 aliphatic heterocycles. The second kappa shape index (κ2) is 25.7. The molecular weight excluding hydrogens is 717 g/mol. The molecule has 0 atom stereocenters. The number of fused-ring (bicyclic) bond motifs is 4. The van der Waals surface area contributed by atoms with E-state index in [9.17, 15) is 0 Å². The van der Waals surface area contributed by atoms with Crippen molar-refractivity contribution in [2.45, 2.75) is 118 Å². The molecule has 0 bridgehead atoms. The highest BCUT2D eigenvalue weighted by atomic mass is 15.2. The molecule has 0 saturated heterocycles. The normalized spacial score (nSPS) is 10.6. The van der Waals surface area contributed by atoms with Gasteiger partial charge in [0.05, 0.1) is 11.7 Å². The molecule has 0 fully saturated rings. The molecule has 0 N–H and O–H groups in total. The molecule has 0 saturated carbocycles. The van der Waals surface area contributed by atoms with Crippen LogP contribution < -0.4 is 0 Å². The molecule has 0 radical (unpaired) electrons. The van der Waals surface area contributed by atoms with E-state index in [1.807, 2.05) is 102 Å². The second-order valence-corrected chi connectivity index (χ2v) is 19.5. The van der Waals surface area contributed by atoms with Crippen LogP contribution in [0.4, 0.5) is 0 Å². The maximum atomic E-state index is 4.08. The van der Waals surface area contributed by atoms with Gasteiger partial charge in [-0.25, -0.2) is 34.0 Å². The third kappa shape index (κ3) is 30.7. The maximum absolute atomic E-state index is 4.08. The highest BCUT2D eigenvalue weighted by Crippen LogP contribution is 2.10. The van der Waals surface area contributed by atoms with E-state index in [1.54, 1.807) is 46.3 Å². The highest BCUT2D eigenvalue weighted by Gasteiger charge is 1.97. The first-order valence-corrected chi connectivity index (χ1v) is 19.4. The van der Waals surface area contributed by atoms with Crippen molar-refractivity contribution in [3.05, 3.63) is 135 Å². The van der Waals surface area contributed by atoms with Crippen LogP contribution in [0.2, 0.25) is 0 Å². The number of aromatic nitrogens is 10. The first-order valence-electron chi connectivity index (χ1n) is 19.4. The van der Waals surface area contributed by atoms with Crippen molar-refractivity contribution in [1.82, 2.24) is 48.5 Å². The van der Waals surface area contributed by atoms with Crippen molar-refractivity contribution < 1.29 is 0 Å². The van der Waals surface area contributed by atoms with Crippen LogP contribution in [0.3, 0.4) is 0 Å². The van der Waals surface area contributed by atoms with E-state index in [0.29, 0.717) is 21.7 Å². The summed E-state index contributed by atoms with van der Waals surface area (Å²) in [5.41, 5.74) is 5.77. The zero-order chi connectivity index (χ0) is 43.1. The lowest BCUT2D eigenvalue weighted by Gasteiger charge is -2.05. The Kier molecular flexibility index (Phi) is 23.2. The molecule has 10 heteroatoms.